The topological polar surface area (TPSA) is 79.0 Å². The summed E-state index contributed by atoms with van der Waals surface area (Å²) in [4.78, 5) is 12.1. The fourth-order valence-corrected chi connectivity index (χ4v) is 5.12. The van der Waals surface area contributed by atoms with E-state index in [0.717, 1.165) is 47.3 Å². The average Bonchev–Trinajstić information content (AvgIpc) is 3.16. The fraction of sp³-hybridized carbons (Fsp3) is 0.381. The quantitative estimate of drug-likeness (QED) is 0.511. The molecule has 0 spiro atoms. The smallest absolute Gasteiger partial charge is 0.228 e. The first-order valence-corrected chi connectivity index (χ1v) is 10.9. The Morgan fingerprint density at radius 2 is 2.10 bits per heavy atom. The summed E-state index contributed by atoms with van der Waals surface area (Å²) in [5, 5.41) is 12.3. The van der Waals surface area contributed by atoms with Crippen molar-refractivity contribution in [3.8, 4) is 0 Å². The molecule has 6 rings (SSSR count). The molecule has 0 amide bonds. The number of aromatic amines is 1. The van der Waals surface area contributed by atoms with Gasteiger partial charge in [0.2, 0.25) is 5.95 Å². The first-order valence-electron chi connectivity index (χ1n) is 10.1. The predicted molar refractivity (Wildman–Crippen MR) is 116 cm³/mol. The standard InChI is InChI=1S/C21H22N6OS/c1-28-13-8-9-27(11-13)21-23-18-14-4-2-3-5-16(14)29-19(18)20(24-21)22-17-10-15(25-26-17)12-6-7-12/h2-5,10,12-13H,6-9,11H2,1H3,(H2,22,23,24,25,26)/t13-/m0/s1. The normalized spacial score (nSPS) is 19.5. The van der Waals surface area contributed by atoms with Crippen LogP contribution >= 0.6 is 11.3 Å². The molecule has 7 nitrogen and oxygen atoms in total. The van der Waals surface area contributed by atoms with Crippen molar-refractivity contribution in [2.45, 2.75) is 31.3 Å². The number of hydrogen-bond acceptors (Lipinski definition) is 7. The zero-order valence-corrected chi connectivity index (χ0v) is 17.0. The highest BCUT2D eigenvalue weighted by atomic mass is 32.1. The van der Waals surface area contributed by atoms with Crippen LogP contribution in [0.25, 0.3) is 20.3 Å². The second-order valence-corrected chi connectivity index (χ2v) is 8.90. The number of ether oxygens (including phenoxy) is 1. The van der Waals surface area contributed by atoms with Gasteiger partial charge in [0.15, 0.2) is 11.6 Å². The number of nitrogens with zero attached hydrogens (tertiary/aromatic N) is 4. The Labute approximate surface area is 172 Å². The highest BCUT2D eigenvalue weighted by Crippen LogP contribution is 2.41. The Bertz CT molecular complexity index is 1200. The Morgan fingerprint density at radius 3 is 2.93 bits per heavy atom. The minimum absolute atomic E-state index is 0.234. The summed E-state index contributed by atoms with van der Waals surface area (Å²) in [6.07, 6.45) is 3.72. The Kier molecular flexibility index (Phi) is 3.95. The van der Waals surface area contributed by atoms with Gasteiger partial charge in [0.25, 0.3) is 0 Å². The third-order valence-corrected chi connectivity index (χ3v) is 7.00. The van der Waals surface area contributed by atoms with Crippen molar-refractivity contribution in [2.24, 2.45) is 0 Å². The molecule has 3 aromatic heterocycles. The molecule has 4 aromatic rings. The molecule has 1 aliphatic heterocycles. The number of H-pyrrole nitrogens is 1. The Morgan fingerprint density at radius 1 is 1.21 bits per heavy atom. The molecule has 2 N–H and O–H groups in total. The summed E-state index contributed by atoms with van der Waals surface area (Å²) in [6, 6.07) is 10.5. The van der Waals surface area contributed by atoms with Gasteiger partial charge < -0.3 is 15.0 Å². The highest BCUT2D eigenvalue weighted by molar-refractivity contribution is 7.26. The average molecular weight is 407 g/mol. The number of aromatic nitrogens is 4. The van der Waals surface area contributed by atoms with Crippen LogP contribution in [0.2, 0.25) is 0 Å². The maximum Gasteiger partial charge on any atom is 0.228 e. The van der Waals surface area contributed by atoms with Crippen molar-refractivity contribution in [2.75, 3.05) is 30.4 Å². The van der Waals surface area contributed by atoms with Gasteiger partial charge in [-0.3, -0.25) is 5.10 Å². The molecule has 8 heteroatoms. The molecule has 1 atom stereocenters. The van der Waals surface area contributed by atoms with E-state index in [1.165, 1.54) is 28.6 Å². The molecule has 148 valence electrons. The Balaban J connectivity index is 1.45. The zero-order chi connectivity index (χ0) is 19.4. The monoisotopic (exact) mass is 406 g/mol. The lowest BCUT2D eigenvalue weighted by atomic mass is 10.2. The molecule has 1 saturated carbocycles. The van der Waals surface area contributed by atoms with Gasteiger partial charge in [-0.05, 0) is 25.3 Å². The minimum Gasteiger partial charge on any atom is -0.380 e. The van der Waals surface area contributed by atoms with Gasteiger partial charge in [-0.1, -0.05) is 18.2 Å². The highest BCUT2D eigenvalue weighted by Gasteiger charge is 2.27. The van der Waals surface area contributed by atoms with E-state index in [9.17, 15) is 0 Å². The first-order chi connectivity index (χ1) is 14.3. The molecule has 1 saturated heterocycles. The number of rotatable bonds is 5. The number of thiophene rings is 1. The predicted octanol–water partition coefficient (Wildman–Crippen LogP) is 4.41. The van der Waals surface area contributed by atoms with Gasteiger partial charge in [-0.15, -0.1) is 11.3 Å². The van der Waals surface area contributed by atoms with E-state index in [4.69, 9.17) is 14.7 Å². The minimum atomic E-state index is 0.234. The molecule has 4 heterocycles. The van der Waals surface area contributed by atoms with Gasteiger partial charge in [0.1, 0.15) is 0 Å². The van der Waals surface area contributed by atoms with E-state index in [0.29, 0.717) is 5.92 Å². The van der Waals surface area contributed by atoms with E-state index in [2.05, 4.69) is 50.7 Å². The van der Waals surface area contributed by atoms with E-state index >= 15 is 0 Å². The number of fused-ring (bicyclic) bond motifs is 3. The molecular weight excluding hydrogens is 384 g/mol. The maximum atomic E-state index is 5.54. The fourth-order valence-electron chi connectivity index (χ4n) is 4.03. The van der Waals surface area contributed by atoms with Crippen LogP contribution in [0, 0.1) is 0 Å². The molecule has 1 aromatic carbocycles. The van der Waals surface area contributed by atoms with Gasteiger partial charge in [-0.2, -0.15) is 10.1 Å². The summed E-state index contributed by atoms with van der Waals surface area (Å²) in [6.45, 7) is 1.72. The lowest BCUT2D eigenvalue weighted by molar-refractivity contribution is 0.121. The second kappa shape index (κ2) is 6.67. The van der Waals surface area contributed by atoms with Crippen molar-refractivity contribution >= 4 is 49.2 Å². The Hall–Kier alpha value is -2.71. The number of methoxy groups -OCH3 is 1. The third kappa shape index (κ3) is 3.03. The summed E-state index contributed by atoms with van der Waals surface area (Å²) < 4.78 is 7.82. The number of nitrogens with one attached hydrogen (secondary N) is 2. The lowest BCUT2D eigenvalue weighted by Gasteiger charge is -2.17. The van der Waals surface area contributed by atoms with Crippen LogP contribution in [-0.2, 0) is 4.74 Å². The molecule has 2 fully saturated rings. The van der Waals surface area contributed by atoms with Crippen LogP contribution in [0.5, 0.6) is 0 Å². The van der Waals surface area contributed by atoms with Gasteiger partial charge in [-0.25, -0.2) is 4.98 Å². The molecule has 0 radical (unpaired) electrons. The van der Waals surface area contributed by atoms with Crippen LogP contribution in [0.4, 0.5) is 17.6 Å². The summed E-state index contributed by atoms with van der Waals surface area (Å²) in [5.74, 6) is 3.02. The molecular formula is C21H22N6OS. The third-order valence-electron chi connectivity index (χ3n) is 5.83. The van der Waals surface area contributed by atoms with Crippen molar-refractivity contribution in [3.05, 3.63) is 36.0 Å². The van der Waals surface area contributed by atoms with Crippen molar-refractivity contribution < 1.29 is 4.74 Å². The summed E-state index contributed by atoms with van der Waals surface area (Å²) >= 11 is 1.72. The van der Waals surface area contributed by atoms with E-state index < -0.39 is 0 Å². The van der Waals surface area contributed by atoms with Crippen LogP contribution in [-0.4, -0.2) is 46.5 Å². The van der Waals surface area contributed by atoms with E-state index in [1.54, 1.807) is 18.4 Å². The van der Waals surface area contributed by atoms with Crippen LogP contribution in [0.15, 0.2) is 30.3 Å². The van der Waals surface area contributed by atoms with Crippen LogP contribution in [0.3, 0.4) is 0 Å². The number of anilines is 3. The molecule has 1 aliphatic carbocycles. The lowest BCUT2D eigenvalue weighted by Crippen LogP contribution is -2.24. The number of hydrogen-bond donors (Lipinski definition) is 2. The van der Waals surface area contributed by atoms with Gasteiger partial charge >= 0.3 is 0 Å². The molecule has 29 heavy (non-hydrogen) atoms. The molecule has 2 aliphatic rings. The van der Waals surface area contributed by atoms with Crippen molar-refractivity contribution in [1.82, 2.24) is 20.2 Å². The van der Waals surface area contributed by atoms with Gasteiger partial charge in [0.05, 0.1) is 16.3 Å². The SMILES string of the molecule is CO[C@H]1CCN(c2nc(Nc3cc(C4CC4)[nH]n3)c3sc4ccccc4c3n2)C1. The largest absolute Gasteiger partial charge is 0.380 e. The van der Waals surface area contributed by atoms with Crippen LogP contribution in [0.1, 0.15) is 30.9 Å². The number of benzene rings is 1. The van der Waals surface area contributed by atoms with Crippen molar-refractivity contribution in [3.63, 3.8) is 0 Å². The van der Waals surface area contributed by atoms with Crippen molar-refractivity contribution in [1.29, 1.82) is 0 Å². The molecule has 0 bridgehead atoms. The van der Waals surface area contributed by atoms with E-state index in [-0.39, 0.29) is 6.10 Å². The second-order valence-electron chi connectivity index (χ2n) is 7.85. The summed E-state index contributed by atoms with van der Waals surface area (Å²) in [7, 11) is 1.77. The van der Waals surface area contributed by atoms with E-state index in [1.807, 2.05) is 0 Å². The first kappa shape index (κ1) is 17.2. The molecule has 0 unspecified atom stereocenters. The zero-order valence-electron chi connectivity index (χ0n) is 16.2. The van der Waals surface area contributed by atoms with Gasteiger partial charge in [0, 0.05) is 48.0 Å². The van der Waals surface area contributed by atoms with Crippen LogP contribution < -0.4 is 10.2 Å². The maximum absolute atomic E-state index is 5.54. The summed E-state index contributed by atoms with van der Waals surface area (Å²) in [5.41, 5.74) is 2.20.